The van der Waals surface area contributed by atoms with Gasteiger partial charge in [0, 0.05) is 30.0 Å². The molecule has 2 heterocycles. The highest BCUT2D eigenvalue weighted by atomic mass is 35.5. The van der Waals surface area contributed by atoms with Crippen molar-refractivity contribution in [2.75, 3.05) is 11.9 Å². The Bertz CT molecular complexity index is 968. The van der Waals surface area contributed by atoms with Gasteiger partial charge in [0.1, 0.15) is 6.29 Å². The van der Waals surface area contributed by atoms with Gasteiger partial charge in [0.15, 0.2) is 5.60 Å². The van der Waals surface area contributed by atoms with Crippen LogP contribution in [0.2, 0.25) is 5.02 Å². The number of likely N-dealkylation sites (N-methyl/N-ethyl adjacent to an activating group) is 1. The Kier molecular flexibility index (Phi) is 4.63. The average Bonchev–Trinajstić information content (AvgIpc) is 3.13. The quantitative estimate of drug-likeness (QED) is 0.661. The number of nitrogens with zero attached hydrogens (tertiary/aromatic N) is 1. The molecule has 152 valence electrons. The summed E-state index contributed by atoms with van der Waals surface area (Å²) in [7, 11) is 1.77. The summed E-state index contributed by atoms with van der Waals surface area (Å²) in [4.78, 5) is 27.1. The number of benzene rings is 2. The predicted molar refractivity (Wildman–Crippen MR) is 114 cm³/mol. The second-order valence-electron chi connectivity index (χ2n) is 9.15. The van der Waals surface area contributed by atoms with Gasteiger partial charge in [-0.1, -0.05) is 62.7 Å². The summed E-state index contributed by atoms with van der Waals surface area (Å²) in [5.41, 5.74) is 0.297. The van der Waals surface area contributed by atoms with E-state index in [1.807, 2.05) is 42.5 Å². The number of fused-ring (bicyclic) bond motifs is 2. The molecule has 4 nitrogen and oxygen atoms in total. The van der Waals surface area contributed by atoms with Crippen molar-refractivity contribution in [2.45, 2.75) is 50.7 Å². The maximum Gasteiger partial charge on any atom is 0.264 e. The first-order chi connectivity index (χ1) is 13.7. The zero-order valence-corrected chi connectivity index (χ0v) is 18.0. The van der Waals surface area contributed by atoms with Crippen LogP contribution in [0.4, 0.5) is 5.69 Å². The summed E-state index contributed by atoms with van der Waals surface area (Å²) in [6.45, 7) is 6.21. The molecule has 2 aromatic carbocycles. The molecule has 0 bridgehead atoms. The Balaban J connectivity index is 2.01. The van der Waals surface area contributed by atoms with Gasteiger partial charge >= 0.3 is 0 Å². The minimum absolute atomic E-state index is 0.111. The molecule has 29 heavy (non-hydrogen) atoms. The lowest BCUT2D eigenvalue weighted by Gasteiger charge is -2.41. The third kappa shape index (κ3) is 2.77. The highest BCUT2D eigenvalue weighted by Crippen LogP contribution is 2.63. The van der Waals surface area contributed by atoms with Crippen LogP contribution in [0.1, 0.15) is 50.7 Å². The molecule has 2 aliphatic heterocycles. The van der Waals surface area contributed by atoms with Crippen molar-refractivity contribution < 1.29 is 14.3 Å². The molecule has 0 unspecified atom stereocenters. The molecular weight excluding hydrogens is 386 g/mol. The topological polar surface area (TPSA) is 46.6 Å². The van der Waals surface area contributed by atoms with E-state index in [0.29, 0.717) is 11.4 Å². The first kappa shape index (κ1) is 20.1. The number of hydrogen-bond acceptors (Lipinski definition) is 3. The summed E-state index contributed by atoms with van der Waals surface area (Å²) in [5.74, 6) is -0.335. The Morgan fingerprint density at radius 1 is 1.21 bits per heavy atom. The number of amides is 1. The van der Waals surface area contributed by atoms with Gasteiger partial charge in [-0.25, -0.2) is 0 Å². The van der Waals surface area contributed by atoms with Crippen LogP contribution in [0, 0.1) is 5.41 Å². The number of ether oxygens (including phenoxy) is 1. The molecule has 0 aliphatic carbocycles. The van der Waals surface area contributed by atoms with E-state index in [-0.39, 0.29) is 23.7 Å². The molecule has 2 aliphatic rings. The highest BCUT2D eigenvalue weighted by Gasteiger charge is 2.67. The summed E-state index contributed by atoms with van der Waals surface area (Å²) >= 11 is 6.35. The third-order valence-corrected chi connectivity index (χ3v) is 6.94. The Morgan fingerprint density at radius 3 is 2.52 bits per heavy atom. The van der Waals surface area contributed by atoms with Gasteiger partial charge in [0.25, 0.3) is 5.91 Å². The van der Waals surface area contributed by atoms with Gasteiger partial charge < -0.3 is 14.4 Å². The van der Waals surface area contributed by atoms with E-state index in [1.54, 1.807) is 18.0 Å². The molecule has 5 heteroatoms. The highest BCUT2D eigenvalue weighted by molar-refractivity contribution is 6.31. The monoisotopic (exact) mass is 411 g/mol. The van der Waals surface area contributed by atoms with Crippen LogP contribution in [0.3, 0.4) is 0 Å². The van der Waals surface area contributed by atoms with Crippen LogP contribution in [-0.2, 0) is 19.9 Å². The van der Waals surface area contributed by atoms with Crippen molar-refractivity contribution >= 4 is 29.5 Å². The minimum Gasteiger partial charge on any atom is -0.352 e. The number of halogens is 1. The first-order valence-electron chi connectivity index (χ1n) is 9.93. The minimum atomic E-state index is -1.20. The van der Waals surface area contributed by atoms with E-state index in [1.165, 1.54) is 0 Å². The molecule has 1 amide bonds. The number of hydrogen-bond donors (Lipinski definition) is 0. The lowest BCUT2D eigenvalue weighted by molar-refractivity contribution is -0.175. The van der Waals surface area contributed by atoms with Crippen molar-refractivity contribution in [3.8, 4) is 0 Å². The molecule has 3 atom stereocenters. The van der Waals surface area contributed by atoms with Crippen molar-refractivity contribution in [3.05, 3.63) is 64.7 Å². The van der Waals surface area contributed by atoms with Gasteiger partial charge in [-0.15, -0.1) is 0 Å². The fourth-order valence-electron chi connectivity index (χ4n) is 4.96. The summed E-state index contributed by atoms with van der Waals surface area (Å²) < 4.78 is 6.85. The molecular formula is C24H26ClNO3. The fourth-order valence-corrected chi connectivity index (χ4v) is 5.14. The van der Waals surface area contributed by atoms with Crippen LogP contribution in [0.5, 0.6) is 0 Å². The third-order valence-electron chi connectivity index (χ3n) is 6.71. The summed E-state index contributed by atoms with van der Waals surface area (Å²) in [6, 6.07) is 15.5. The van der Waals surface area contributed by atoms with Gasteiger partial charge in [-0.3, -0.25) is 4.79 Å². The largest absolute Gasteiger partial charge is 0.352 e. The number of aldehydes is 1. The maximum absolute atomic E-state index is 13.8. The first-order valence-corrected chi connectivity index (χ1v) is 10.3. The van der Waals surface area contributed by atoms with Crippen molar-refractivity contribution in [2.24, 2.45) is 5.41 Å². The molecule has 0 aromatic heterocycles. The van der Waals surface area contributed by atoms with Gasteiger partial charge in [0.05, 0.1) is 11.3 Å². The lowest BCUT2D eigenvalue weighted by atomic mass is 9.69. The second kappa shape index (κ2) is 6.68. The van der Waals surface area contributed by atoms with Crippen LogP contribution >= 0.6 is 11.6 Å². The number of anilines is 1. The zero-order chi connectivity index (χ0) is 21.0. The zero-order valence-electron chi connectivity index (χ0n) is 17.2. The van der Waals surface area contributed by atoms with Crippen molar-refractivity contribution in [1.29, 1.82) is 0 Å². The van der Waals surface area contributed by atoms with E-state index in [9.17, 15) is 9.59 Å². The molecule has 1 saturated heterocycles. The van der Waals surface area contributed by atoms with E-state index in [4.69, 9.17) is 16.3 Å². The van der Waals surface area contributed by atoms with E-state index in [0.717, 1.165) is 23.1 Å². The molecule has 0 saturated carbocycles. The predicted octanol–water partition coefficient (Wildman–Crippen LogP) is 5.09. The Morgan fingerprint density at radius 2 is 1.90 bits per heavy atom. The molecule has 2 aromatic rings. The normalized spacial score (nSPS) is 28.8. The van der Waals surface area contributed by atoms with Crippen LogP contribution in [-0.4, -0.2) is 24.8 Å². The number of rotatable bonds is 3. The van der Waals surface area contributed by atoms with Crippen molar-refractivity contribution in [1.82, 2.24) is 0 Å². The van der Waals surface area contributed by atoms with Crippen LogP contribution in [0.15, 0.2) is 48.5 Å². The van der Waals surface area contributed by atoms with Gasteiger partial charge in [-0.2, -0.15) is 0 Å². The maximum atomic E-state index is 13.8. The summed E-state index contributed by atoms with van der Waals surface area (Å²) in [6.07, 6.45) is 1.72. The Hall–Kier alpha value is -2.17. The number of carbonyl (C=O) groups excluding carboxylic acids is 2. The molecule has 4 rings (SSSR count). The molecule has 0 N–H and O–H groups in total. The SMILES string of the molecule is CN1C(=O)[C@@]2(O[C@@](CC=O)(C(C)(C)C)C[C@H]2c2ccccc2)c2cc(Cl)ccc21. The van der Waals surface area contributed by atoms with Gasteiger partial charge in [-0.05, 0) is 35.6 Å². The Labute approximate surface area is 176 Å². The lowest BCUT2D eigenvalue weighted by Crippen LogP contribution is -2.48. The van der Waals surface area contributed by atoms with Gasteiger partial charge in [0.2, 0.25) is 0 Å². The van der Waals surface area contributed by atoms with E-state index in [2.05, 4.69) is 20.8 Å². The van der Waals surface area contributed by atoms with E-state index >= 15 is 0 Å². The number of carbonyl (C=O) groups is 2. The molecule has 1 fully saturated rings. The van der Waals surface area contributed by atoms with E-state index < -0.39 is 11.2 Å². The molecule has 0 radical (unpaired) electrons. The fraction of sp³-hybridized carbons (Fsp3) is 0.417. The van der Waals surface area contributed by atoms with Crippen molar-refractivity contribution in [3.63, 3.8) is 0 Å². The summed E-state index contributed by atoms with van der Waals surface area (Å²) in [5, 5.41) is 0.560. The molecule has 1 spiro atoms. The smallest absolute Gasteiger partial charge is 0.264 e. The van der Waals surface area contributed by atoms with Crippen LogP contribution < -0.4 is 4.90 Å². The van der Waals surface area contributed by atoms with Crippen LogP contribution in [0.25, 0.3) is 0 Å². The second-order valence-corrected chi connectivity index (χ2v) is 9.58. The standard InChI is InChI=1S/C24H26ClNO3/c1-22(2,3)23(12-13-27)15-19(16-8-6-5-7-9-16)24(29-23)18-14-17(25)10-11-20(18)26(4)21(24)28/h5-11,13-14,19H,12,15H2,1-4H3/t19-,23+,24+/m0/s1. The average molecular weight is 412 g/mol.